The minimum absolute atomic E-state index is 0.617. The third-order valence-electron chi connectivity index (χ3n) is 9.81. The fraction of sp³-hybridized carbons (Fsp3) is 0. The number of benzene rings is 8. The molecular weight excluding hydrogens is 655 g/mol. The van der Waals surface area contributed by atoms with Gasteiger partial charge in [0.2, 0.25) is 0 Å². The van der Waals surface area contributed by atoms with Crippen molar-refractivity contribution in [3.05, 3.63) is 212 Å². The second-order valence-electron chi connectivity index (χ2n) is 13.2. The number of hydrogen-bond donors (Lipinski definition) is 0. The van der Waals surface area contributed by atoms with Crippen LogP contribution in [0.3, 0.4) is 0 Å². The molecule has 0 amide bonds. The molecule has 0 aliphatic rings. The van der Waals surface area contributed by atoms with Gasteiger partial charge in [0, 0.05) is 16.7 Å². The minimum atomic E-state index is 0.617. The van der Waals surface area contributed by atoms with Crippen LogP contribution in [-0.4, -0.2) is 15.0 Å². The van der Waals surface area contributed by atoms with Crippen molar-refractivity contribution in [2.45, 2.75) is 0 Å². The Bertz CT molecular complexity index is 2670. The van der Waals surface area contributed by atoms with Crippen molar-refractivity contribution in [1.29, 1.82) is 0 Å². The van der Waals surface area contributed by atoms with E-state index in [9.17, 15) is 0 Å². The van der Waals surface area contributed by atoms with Gasteiger partial charge in [0.25, 0.3) is 0 Å². The zero-order valence-electron chi connectivity index (χ0n) is 29.5. The third-order valence-corrected chi connectivity index (χ3v) is 9.81. The summed E-state index contributed by atoms with van der Waals surface area (Å²) >= 11 is 0. The molecule has 3 nitrogen and oxygen atoms in total. The zero-order valence-corrected chi connectivity index (χ0v) is 29.5. The van der Waals surface area contributed by atoms with Crippen molar-refractivity contribution in [3.63, 3.8) is 0 Å². The highest BCUT2D eigenvalue weighted by atomic mass is 15.0. The van der Waals surface area contributed by atoms with Crippen LogP contribution >= 0.6 is 0 Å². The van der Waals surface area contributed by atoms with Crippen LogP contribution in [0.15, 0.2) is 212 Å². The second kappa shape index (κ2) is 14.8. The fourth-order valence-corrected chi connectivity index (χ4v) is 7.09. The lowest BCUT2D eigenvalue weighted by Gasteiger charge is -2.17. The standard InChI is InChI=1S/C51H35N3/c1-5-17-36(18-6-1)38-29-31-41(32-30-38)49-52-50(46-27-15-13-25-43(46)39-21-9-3-10-22-39)54-51(53-49)47-28-16-14-26-44(47)45-34-33-42(37-19-7-2-8-20-37)35-48(45)40-23-11-4-12-24-40/h1-35H. The summed E-state index contributed by atoms with van der Waals surface area (Å²) in [7, 11) is 0. The monoisotopic (exact) mass is 689 g/mol. The maximum atomic E-state index is 5.28. The normalized spacial score (nSPS) is 11.0. The Morgan fingerprint density at radius 1 is 0.185 bits per heavy atom. The van der Waals surface area contributed by atoms with E-state index in [1.807, 2.05) is 18.2 Å². The van der Waals surface area contributed by atoms with Crippen LogP contribution in [-0.2, 0) is 0 Å². The van der Waals surface area contributed by atoms with E-state index in [2.05, 4.69) is 194 Å². The first-order chi connectivity index (χ1) is 26.8. The molecule has 0 N–H and O–H groups in total. The summed E-state index contributed by atoms with van der Waals surface area (Å²) in [5.74, 6) is 1.86. The Labute approximate surface area is 316 Å². The van der Waals surface area contributed by atoms with Crippen molar-refractivity contribution in [1.82, 2.24) is 15.0 Å². The van der Waals surface area contributed by atoms with Crippen LogP contribution in [0.1, 0.15) is 0 Å². The molecule has 0 fully saturated rings. The maximum Gasteiger partial charge on any atom is 0.164 e. The summed E-state index contributed by atoms with van der Waals surface area (Å²) in [4.78, 5) is 15.7. The molecule has 0 unspecified atom stereocenters. The Balaban J connectivity index is 1.24. The second-order valence-corrected chi connectivity index (χ2v) is 13.2. The summed E-state index contributed by atoms with van der Waals surface area (Å²) in [6, 6.07) is 74.0. The van der Waals surface area contributed by atoms with Gasteiger partial charge < -0.3 is 0 Å². The predicted octanol–water partition coefficient (Wildman–Crippen LogP) is 13.2. The fourth-order valence-electron chi connectivity index (χ4n) is 7.09. The lowest BCUT2D eigenvalue weighted by atomic mass is 9.89. The van der Waals surface area contributed by atoms with Gasteiger partial charge in [-0.05, 0) is 61.7 Å². The summed E-state index contributed by atoms with van der Waals surface area (Å²) in [6.07, 6.45) is 0. The van der Waals surface area contributed by atoms with Crippen LogP contribution in [0.5, 0.6) is 0 Å². The molecule has 0 saturated heterocycles. The summed E-state index contributed by atoms with van der Waals surface area (Å²) in [5.41, 5.74) is 14.1. The quantitative estimate of drug-likeness (QED) is 0.159. The highest BCUT2D eigenvalue weighted by Gasteiger charge is 2.19. The molecule has 0 aliphatic heterocycles. The van der Waals surface area contributed by atoms with E-state index in [1.165, 1.54) is 11.1 Å². The number of aromatic nitrogens is 3. The molecule has 0 radical (unpaired) electrons. The van der Waals surface area contributed by atoms with Gasteiger partial charge in [0.1, 0.15) is 0 Å². The first kappa shape index (κ1) is 32.7. The van der Waals surface area contributed by atoms with E-state index in [0.717, 1.165) is 61.2 Å². The average Bonchev–Trinajstić information content (AvgIpc) is 3.27. The average molecular weight is 690 g/mol. The molecule has 8 aromatic carbocycles. The van der Waals surface area contributed by atoms with Crippen LogP contribution in [0.25, 0.3) is 89.8 Å². The summed E-state index contributed by atoms with van der Waals surface area (Å²) in [6.45, 7) is 0. The van der Waals surface area contributed by atoms with Gasteiger partial charge in [0.15, 0.2) is 17.5 Å². The molecular formula is C51H35N3. The van der Waals surface area contributed by atoms with E-state index in [-0.39, 0.29) is 0 Å². The molecule has 0 saturated carbocycles. The minimum Gasteiger partial charge on any atom is -0.208 e. The molecule has 9 rings (SSSR count). The van der Waals surface area contributed by atoms with Crippen LogP contribution in [0.4, 0.5) is 0 Å². The van der Waals surface area contributed by atoms with E-state index < -0.39 is 0 Å². The SMILES string of the molecule is c1ccc(-c2ccc(-c3nc(-c4ccccc4-c4ccccc4)nc(-c4ccccc4-c4ccc(-c5ccccc5)cc4-c4ccccc4)n3)cc2)cc1. The van der Waals surface area contributed by atoms with Crippen LogP contribution in [0, 0.1) is 0 Å². The van der Waals surface area contributed by atoms with Crippen molar-refractivity contribution < 1.29 is 0 Å². The first-order valence-corrected chi connectivity index (χ1v) is 18.2. The molecule has 0 aliphatic carbocycles. The van der Waals surface area contributed by atoms with Crippen LogP contribution < -0.4 is 0 Å². The van der Waals surface area contributed by atoms with Gasteiger partial charge in [-0.1, -0.05) is 206 Å². The van der Waals surface area contributed by atoms with Gasteiger partial charge in [-0.3, -0.25) is 0 Å². The van der Waals surface area contributed by atoms with Gasteiger partial charge >= 0.3 is 0 Å². The van der Waals surface area contributed by atoms with Gasteiger partial charge in [-0.2, -0.15) is 0 Å². The highest BCUT2D eigenvalue weighted by molar-refractivity contribution is 5.93. The Morgan fingerprint density at radius 3 is 1.07 bits per heavy atom. The Morgan fingerprint density at radius 2 is 0.519 bits per heavy atom. The van der Waals surface area contributed by atoms with Crippen molar-refractivity contribution >= 4 is 0 Å². The van der Waals surface area contributed by atoms with E-state index in [4.69, 9.17) is 15.0 Å². The van der Waals surface area contributed by atoms with Crippen LogP contribution in [0.2, 0.25) is 0 Å². The highest BCUT2D eigenvalue weighted by Crippen LogP contribution is 2.41. The van der Waals surface area contributed by atoms with E-state index >= 15 is 0 Å². The molecule has 0 atom stereocenters. The van der Waals surface area contributed by atoms with E-state index in [0.29, 0.717) is 17.5 Å². The molecule has 254 valence electrons. The molecule has 0 bridgehead atoms. The summed E-state index contributed by atoms with van der Waals surface area (Å²) < 4.78 is 0. The lowest BCUT2D eigenvalue weighted by Crippen LogP contribution is -2.02. The number of rotatable bonds is 8. The maximum absolute atomic E-state index is 5.28. The van der Waals surface area contributed by atoms with Gasteiger partial charge in [0.05, 0.1) is 0 Å². The molecule has 1 aromatic heterocycles. The molecule has 3 heteroatoms. The summed E-state index contributed by atoms with van der Waals surface area (Å²) in [5, 5.41) is 0. The topological polar surface area (TPSA) is 38.7 Å². The first-order valence-electron chi connectivity index (χ1n) is 18.2. The molecule has 0 spiro atoms. The van der Waals surface area contributed by atoms with Gasteiger partial charge in [-0.15, -0.1) is 0 Å². The van der Waals surface area contributed by atoms with E-state index in [1.54, 1.807) is 0 Å². The van der Waals surface area contributed by atoms with Crippen molar-refractivity contribution in [2.24, 2.45) is 0 Å². The lowest BCUT2D eigenvalue weighted by molar-refractivity contribution is 1.07. The third kappa shape index (κ3) is 6.63. The molecule has 1 heterocycles. The zero-order chi connectivity index (χ0) is 36.1. The Kier molecular flexibility index (Phi) is 8.94. The largest absolute Gasteiger partial charge is 0.208 e. The Hall–Kier alpha value is -7.23. The van der Waals surface area contributed by atoms with Crippen molar-refractivity contribution in [2.75, 3.05) is 0 Å². The molecule has 54 heavy (non-hydrogen) atoms. The number of nitrogens with zero attached hydrogens (tertiary/aromatic N) is 3. The number of hydrogen-bond acceptors (Lipinski definition) is 3. The smallest absolute Gasteiger partial charge is 0.164 e. The predicted molar refractivity (Wildman–Crippen MR) is 223 cm³/mol. The van der Waals surface area contributed by atoms with Gasteiger partial charge in [-0.25, -0.2) is 15.0 Å². The van der Waals surface area contributed by atoms with Crippen molar-refractivity contribution in [3.8, 4) is 89.8 Å². The molecule has 9 aromatic rings.